The van der Waals surface area contributed by atoms with Crippen molar-refractivity contribution in [1.29, 1.82) is 0 Å². The molecule has 2 heterocycles. The molecule has 26 heavy (non-hydrogen) atoms. The molecule has 0 saturated carbocycles. The molecule has 0 bridgehead atoms. The van der Waals surface area contributed by atoms with E-state index in [9.17, 15) is 8.42 Å². The largest absolute Gasteiger partial charge is 0.356 e. The van der Waals surface area contributed by atoms with Crippen LogP contribution in [0.1, 0.15) is 37.0 Å². The summed E-state index contributed by atoms with van der Waals surface area (Å²) in [6.45, 7) is 2.74. The number of sulfonamides is 1. The quantitative estimate of drug-likeness (QED) is 0.366. The molecular weight excluding hydrogens is 388 g/mol. The maximum atomic E-state index is 12.7. The number of thioether (sulfide) groups is 1. The van der Waals surface area contributed by atoms with Crippen molar-refractivity contribution in [3.63, 3.8) is 0 Å². The summed E-state index contributed by atoms with van der Waals surface area (Å²) in [5.41, 5.74) is 0. The smallest absolute Gasteiger partial charge is 0.252 e. The molecule has 1 aliphatic heterocycles. The molecule has 148 valence electrons. The number of unbranched alkanes of at least 4 members (excludes halogenated alkanes) is 1. The van der Waals surface area contributed by atoms with Gasteiger partial charge in [0.25, 0.3) is 10.0 Å². The van der Waals surface area contributed by atoms with Crippen LogP contribution in [0.25, 0.3) is 0 Å². The summed E-state index contributed by atoms with van der Waals surface area (Å²) in [6.07, 6.45) is 7.45. The van der Waals surface area contributed by atoms with Crippen molar-refractivity contribution in [2.24, 2.45) is 4.99 Å². The number of hydrogen-bond acceptors (Lipinski definition) is 5. The second-order valence-corrected chi connectivity index (χ2v) is 10.6. The highest BCUT2D eigenvalue weighted by Crippen LogP contribution is 2.26. The monoisotopic (exact) mass is 418 g/mol. The molecule has 1 fully saturated rings. The number of thiophene rings is 1. The maximum Gasteiger partial charge on any atom is 0.252 e. The van der Waals surface area contributed by atoms with E-state index in [-0.39, 0.29) is 0 Å². The van der Waals surface area contributed by atoms with Gasteiger partial charge >= 0.3 is 0 Å². The van der Waals surface area contributed by atoms with Crippen molar-refractivity contribution in [2.45, 2.75) is 42.9 Å². The SMILES string of the molecule is CN=C(NCCCCSC)NCc1ccc(S(=O)(=O)N2CCCCC2)s1. The predicted molar refractivity (Wildman–Crippen MR) is 113 cm³/mol. The lowest BCUT2D eigenvalue weighted by Gasteiger charge is -2.25. The molecule has 0 aliphatic carbocycles. The maximum absolute atomic E-state index is 12.7. The minimum atomic E-state index is -3.33. The first kappa shape index (κ1) is 21.5. The van der Waals surface area contributed by atoms with Crippen LogP contribution in [0.5, 0.6) is 0 Å². The van der Waals surface area contributed by atoms with Gasteiger partial charge in [0, 0.05) is 31.6 Å². The first-order valence-corrected chi connectivity index (χ1v) is 12.8. The Hall–Kier alpha value is -0.770. The van der Waals surface area contributed by atoms with Gasteiger partial charge in [0.1, 0.15) is 4.21 Å². The second-order valence-electron chi connectivity index (χ2n) is 6.24. The number of piperidine rings is 1. The Morgan fingerprint density at radius 2 is 2.00 bits per heavy atom. The van der Waals surface area contributed by atoms with Gasteiger partial charge in [0.2, 0.25) is 0 Å². The second kappa shape index (κ2) is 11.2. The number of guanidine groups is 1. The predicted octanol–water partition coefficient (Wildman–Crippen LogP) is 2.73. The highest BCUT2D eigenvalue weighted by molar-refractivity contribution is 7.98. The number of hydrogen-bond donors (Lipinski definition) is 2. The fourth-order valence-electron chi connectivity index (χ4n) is 2.79. The third-order valence-corrected chi connectivity index (χ3v) is 8.42. The normalized spacial score (nSPS) is 16.6. The molecule has 0 amide bonds. The molecule has 0 unspecified atom stereocenters. The minimum Gasteiger partial charge on any atom is -0.356 e. The number of nitrogens with zero attached hydrogens (tertiary/aromatic N) is 2. The van der Waals surface area contributed by atoms with Gasteiger partial charge in [-0.15, -0.1) is 11.3 Å². The lowest BCUT2D eigenvalue weighted by atomic mass is 10.2. The standard InChI is InChI=1S/C17H30N4O2S3/c1-18-17(19-10-4-7-13-24-2)20-14-15-8-9-16(25-15)26(22,23)21-11-5-3-6-12-21/h8-9H,3-7,10-14H2,1-2H3,(H2,18,19,20). The van der Waals surface area contributed by atoms with Crippen LogP contribution in [-0.4, -0.2) is 57.4 Å². The highest BCUT2D eigenvalue weighted by Gasteiger charge is 2.27. The van der Waals surface area contributed by atoms with Gasteiger partial charge in [-0.2, -0.15) is 16.1 Å². The summed E-state index contributed by atoms with van der Waals surface area (Å²) < 4.78 is 27.5. The van der Waals surface area contributed by atoms with Crippen LogP contribution >= 0.6 is 23.1 Å². The van der Waals surface area contributed by atoms with Crippen molar-refractivity contribution in [3.8, 4) is 0 Å². The van der Waals surface area contributed by atoms with E-state index in [1.165, 1.54) is 23.5 Å². The van der Waals surface area contributed by atoms with E-state index in [0.29, 0.717) is 23.8 Å². The van der Waals surface area contributed by atoms with Gasteiger partial charge in [-0.1, -0.05) is 6.42 Å². The number of aliphatic imine (C=N–C) groups is 1. The summed E-state index contributed by atoms with van der Waals surface area (Å²) in [5, 5.41) is 6.55. The van der Waals surface area contributed by atoms with E-state index in [0.717, 1.165) is 43.1 Å². The van der Waals surface area contributed by atoms with Crippen LogP contribution in [0.15, 0.2) is 21.3 Å². The molecule has 1 aliphatic rings. The van der Waals surface area contributed by atoms with Crippen LogP contribution in [-0.2, 0) is 16.6 Å². The molecule has 1 aromatic rings. The molecule has 9 heteroatoms. The summed E-state index contributed by atoms with van der Waals surface area (Å²) in [4.78, 5) is 5.21. The molecule has 1 aromatic heterocycles. The van der Waals surface area contributed by atoms with Gasteiger partial charge in [-0.25, -0.2) is 8.42 Å². The molecule has 1 saturated heterocycles. The average molecular weight is 419 g/mol. The van der Waals surface area contributed by atoms with E-state index in [1.54, 1.807) is 17.4 Å². The Bertz CT molecular complexity index is 667. The molecule has 0 spiro atoms. The van der Waals surface area contributed by atoms with Crippen LogP contribution in [0.3, 0.4) is 0 Å². The molecular formula is C17H30N4O2S3. The molecule has 6 nitrogen and oxygen atoms in total. The first-order chi connectivity index (χ1) is 12.6. The van der Waals surface area contributed by atoms with Crippen molar-refractivity contribution in [1.82, 2.24) is 14.9 Å². The van der Waals surface area contributed by atoms with Crippen LogP contribution in [0, 0.1) is 0 Å². The highest BCUT2D eigenvalue weighted by atomic mass is 32.2. The Labute approximate surface area is 165 Å². The fourth-order valence-corrected chi connectivity index (χ4v) is 6.25. The van der Waals surface area contributed by atoms with Crippen molar-refractivity contribution >= 4 is 39.1 Å². The molecule has 2 rings (SSSR count). The molecule has 2 N–H and O–H groups in total. The fraction of sp³-hybridized carbons (Fsp3) is 0.706. The van der Waals surface area contributed by atoms with Gasteiger partial charge in [0.05, 0.1) is 6.54 Å². The first-order valence-electron chi connectivity index (χ1n) is 9.10. The summed E-state index contributed by atoms with van der Waals surface area (Å²) in [7, 11) is -1.58. The topological polar surface area (TPSA) is 73.8 Å². The third kappa shape index (κ3) is 6.44. The van der Waals surface area contributed by atoms with E-state index >= 15 is 0 Å². The average Bonchev–Trinajstić information content (AvgIpc) is 3.14. The van der Waals surface area contributed by atoms with Crippen molar-refractivity contribution < 1.29 is 8.42 Å². The zero-order valence-corrected chi connectivity index (χ0v) is 18.1. The van der Waals surface area contributed by atoms with Gasteiger partial charge in [-0.05, 0) is 49.8 Å². The number of rotatable bonds is 9. The lowest BCUT2D eigenvalue weighted by Crippen LogP contribution is -2.37. The third-order valence-electron chi connectivity index (χ3n) is 4.27. The zero-order chi connectivity index (χ0) is 18.8. The van der Waals surface area contributed by atoms with Gasteiger partial charge in [0.15, 0.2) is 5.96 Å². The Kier molecular flexibility index (Phi) is 9.24. The van der Waals surface area contributed by atoms with E-state index in [1.807, 2.05) is 17.8 Å². The molecule has 0 atom stereocenters. The van der Waals surface area contributed by atoms with E-state index < -0.39 is 10.0 Å². The summed E-state index contributed by atoms with van der Waals surface area (Å²) in [6, 6.07) is 3.62. The van der Waals surface area contributed by atoms with Crippen molar-refractivity contribution in [3.05, 3.63) is 17.0 Å². The minimum absolute atomic E-state index is 0.441. The lowest BCUT2D eigenvalue weighted by molar-refractivity contribution is 0.347. The number of nitrogens with one attached hydrogen (secondary N) is 2. The van der Waals surface area contributed by atoms with Gasteiger partial charge < -0.3 is 10.6 Å². The summed E-state index contributed by atoms with van der Waals surface area (Å²) >= 11 is 3.21. The van der Waals surface area contributed by atoms with E-state index in [4.69, 9.17) is 0 Å². The van der Waals surface area contributed by atoms with Gasteiger partial charge in [-0.3, -0.25) is 4.99 Å². The molecule has 0 radical (unpaired) electrons. The van der Waals surface area contributed by atoms with Crippen LogP contribution in [0.4, 0.5) is 0 Å². The van der Waals surface area contributed by atoms with Crippen LogP contribution < -0.4 is 10.6 Å². The van der Waals surface area contributed by atoms with E-state index in [2.05, 4.69) is 21.9 Å². The van der Waals surface area contributed by atoms with Crippen molar-refractivity contribution in [2.75, 3.05) is 38.7 Å². The Morgan fingerprint density at radius 3 is 2.69 bits per heavy atom. The molecule has 0 aromatic carbocycles. The zero-order valence-electron chi connectivity index (χ0n) is 15.7. The summed E-state index contributed by atoms with van der Waals surface area (Å²) in [5.74, 6) is 1.93. The van der Waals surface area contributed by atoms with Crippen LogP contribution in [0.2, 0.25) is 0 Å². The Balaban J connectivity index is 1.83. The Morgan fingerprint density at radius 1 is 1.23 bits per heavy atom.